The van der Waals surface area contributed by atoms with E-state index in [1.165, 1.54) is 18.4 Å². The second kappa shape index (κ2) is 4.99. The molecule has 3 nitrogen and oxygen atoms in total. The first-order valence-corrected chi connectivity index (χ1v) is 8.38. The molecule has 2 aliphatic heterocycles. The van der Waals surface area contributed by atoms with Crippen molar-refractivity contribution in [1.82, 2.24) is 10.2 Å². The van der Waals surface area contributed by atoms with Crippen molar-refractivity contribution in [3.63, 3.8) is 0 Å². The quantitative estimate of drug-likeness (QED) is 0.924. The average molecular weight is 286 g/mol. The summed E-state index contributed by atoms with van der Waals surface area (Å²) in [6, 6.07) is 9.08. The minimum Gasteiger partial charge on any atom is -0.488 e. The van der Waals surface area contributed by atoms with Crippen LogP contribution in [0.3, 0.4) is 0 Å². The van der Waals surface area contributed by atoms with Crippen LogP contribution in [0.25, 0.3) is 0 Å². The summed E-state index contributed by atoms with van der Waals surface area (Å²) in [5.74, 6) is 1.97. The molecule has 1 saturated carbocycles. The molecule has 2 fully saturated rings. The SMILES string of the molecule is CC1CN(CC2Cc3ccccc3O2)C(C)(C2CC2)CN1. The van der Waals surface area contributed by atoms with Gasteiger partial charge in [0, 0.05) is 37.6 Å². The minimum atomic E-state index is 0.324. The van der Waals surface area contributed by atoms with Crippen molar-refractivity contribution < 1.29 is 4.74 Å². The smallest absolute Gasteiger partial charge is 0.123 e. The maximum atomic E-state index is 6.18. The number of nitrogens with zero attached hydrogens (tertiary/aromatic N) is 1. The molecule has 3 heteroatoms. The lowest BCUT2D eigenvalue weighted by Crippen LogP contribution is -2.65. The number of ether oxygens (including phenoxy) is 1. The van der Waals surface area contributed by atoms with Crippen LogP contribution < -0.4 is 10.1 Å². The molecule has 3 unspecified atom stereocenters. The molecule has 0 spiro atoms. The molecule has 3 aliphatic rings. The number of benzene rings is 1. The second-order valence-corrected chi connectivity index (χ2v) is 7.37. The van der Waals surface area contributed by atoms with E-state index in [1.54, 1.807) is 0 Å². The summed E-state index contributed by atoms with van der Waals surface area (Å²) >= 11 is 0. The van der Waals surface area contributed by atoms with Crippen molar-refractivity contribution >= 4 is 0 Å². The molecule has 1 aliphatic carbocycles. The molecule has 1 saturated heterocycles. The first kappa shape index (κ1) is 13.6. The maximum absolute atomic E-state index is 6.18. The van der Waals surface area contributed by atoms with E-state index in [2.05, 4.69) is 48.3 Å². The predicted octanol–water partition coefficient (Wildman–Crippen LogP) is 2.45. The Morgan fingerprint density at radius 2 is 2.14 bits per heavy atom. The van der Waals surface area contributed by atoms with Gasteiger partial charge in [-0.05, 0) is 44.2 Å². The van der Waals surface area contributed by atoms with Gasteiger partial charge in [0.15, 0.2) is 0 Å². The van der Waals surface area contributed by atoms with Gasteiger partial charge >= 0.3 is 0 Å². The van der Waals surface area contributed by atoms with Crippen LogP contribution >= 0.6 is 0 Å². The molecule has 3 atom stereocenters. The number of para-hydroxylation sites is 1. The van der Waals surface area contributed by atoms with E-state index in [4.69, 9.17) is 4.74 Å². The van der Waals surface area contributed by atoms with E-state index in [1.807, 2.05) is 0 Å². The number of nitrogens with one attached hydrogen (secondary N) is 1. The molecular formula is C18H26N2O. The van der Waals surface area contributed by atoms with Gasteiger partial charge in [0.1, 0.15) is 11.9 Å². The highest BCUT2D eigenvalue weighted by molar-refractivity contribution is 5.37. The van der Waals surface area contributed by atoms with Gasteiger partial charge < -0.3 is 10.1 Å². The third kappa shape index (κ3) is 2.47. The standard InChI is InChI=1S/C18H26N2O/c1-13-10-20(18(2,12-19-13)15-7-8-15)11-16-9-14-5-3-4-6-17(14)21-16/h3-6,13,15-16,19H,7-12H2,1-2H3. The lowest BCUT2D eigenvalue weighted by molar-refractivity contribution is 0.0112. The first-order chi connectivity index (χ1) is 10.1. The molecule has 0 aromatic heterocycles. The Hall–Kier alpha value is -1.06. The normalized spacial score (nSPS) is 36.3. The fourth-order valence-electron chi connectivity index (χ4n) is 4.09. The zero-order valence-electron chi connectivity index (χ0n) is 13.1. The summed E-state index contributed by atoms with van der Waals surface area (Å²) in [6.07, 6.45) is 4.18. The highest BCUT2D eigenvalue weighted by atomic mass is 16.5. The van der Waals surface area contributed by atoms with E-state index in [0.717, 1.165) is 37.7 Å². The van der Waals surface area contributed by atoms with Crippen molar-refractivity contribution in [2.24, 2.45) is 5.92 Å². The van der Waals surface area contributed by atoms with Gasteiger partial charge in [-0.25, -0.2) is 0 Å². The average Bonchev–Trinajstić information content (AvgIpc) is 3.24. The topological polar surface area (TPSA) is 24.5 Å². The first-order valence-electron chi connectivity index (χ1n) is 8.38. The van der Waals surface area contributed by atoms with Crippen LogP contribution in [-0.4, -0.2) is 42.2 Å². The highest BCUT2D eigenvalue weighted by Crippen LogP contribution is 2.44. The third-order valence-corrected chi connectivity index (χ3v) is 5.62. The van der Waals surface area contributed by atoms with Crippen LogP contribution in [0.1, 0.15) is 32.3 Å². The Morgan fingerprint density at radius 3 is 2.90 bits per heavy atom. The molecule has 0 radical (unpaired) electrons. The Balaban J connectivity index is 1.48. The lowest BCUT2D eigenvalue weighted by atomic mass is 9.89. The lowest BCUT2D eigenvalue weighted by Gasteiger charge is -2.48. The van der Waals surface area contributed by atoms with Gasteiger partial charge in [0.2, 0.25) is 0 Å². The van der Waals surface area contributed by atoms with E-state index < -0.39 is 0 Å². The number of hydrogen-bond donors (Lipinski definition) is 1. The minimum absolute atomic E-state index is 0.324. The second-order valence-electron chi connectivity index (χ2n) is 7.37. The number of piperazine rings is 1. The summed E-state index contributed by atoms with van der Waals surface area (Å²) in [4.78, 5) is 2.71. The van der Waals surface area contributed by atoms with E-state index in [0.29, 0.717) is 17.7 Å². The van der Waals surface area contributed by atoms with Gasteiger partial charge in [-0.15, -0.1) is 0 Å². The van der Waals surface area contributed by atoms with Crippen molar-refractivity contribution in [2.45, 2.75) is 50.8 Å². The fraction of sp³-hybridized carbons (Fsp3) is 0.667. The molecule has 1 aromatic rings. The molecule has 21 heavy (non-hydrogen) atoms. The van der Waals surface area contributed by atoms with Crippen molar-refractivity contribution in [3.8, 4) is 5.75 Å². The van der Waals surface area contributed by atoms with Gasteiger partial charge in [0.05, 0.1) is 0 Å². The molecule has 114 valence electrons. The molecule has 2 heterocycles. The predicted molar refractivity (Wildman–Crippen MR) is 84.7 cm³/mol. The zero-order chi connectivity index (χ0) is 14.4. The van der Waals surface area contributed by atoms with E-state index in [-0.39, 0.29) is 0 Å². The summed E-state index contributed by atoms with van der Waals surface area (Å²) in [6.45, 7) is 8.07. The van der Waals surface area contributed by atoms with Gasteiger partial charge in [-0.1, -0.05) is 18.2 Å². The van der Waals surface area contributed by atoms with Gasteiger partial charge in [-0.3, -0.25) is 4.90 Å². The molecule has 1 N–H and O–H groups in total. The van der Waals surface area contributed by atoms with Crippen LogP contribution in [0, 0.1) is 5.92 Å². The Kier molecular flexibility index (Phi) is 3.23. The van der Waals surface area contributed by atoms with Crippen molar-refractivity contribution in [2.75, 3.05) is 19.6 Å². The molecule has 4 rings (SSSR count). The number of fused-ring (bicyclic) bond motifs is 1. The van der Waals surface area contributed by atoms with Crippen LogP contribution in [0.15, 0.2) is 24.3 Å². The summed E-state index contributed by atoms with van der Waals surface area (Å²) in [7, 11) is 0. The Morgan fingerprint density at radius 1 is 1.33 bits per heavy atom. The van der Waals surface area contributed by atoms with Crippen LogP contribution in [0.4, 0.5) is 0 Å². The third-order valence-electron chi connectivity index (χ3n) is 5.62. The summed E-state index contributed by atoms with van der Waals surface area (Å²) in [5, 5.41) is 3.68. The van der Waals surface area contributed by atoms with Crippen LogP contribution in [0.5, 0.6) is 5.75 Å². The Labute approximate surface area is 127 Å². The van der Waals surface area contributed by atoms with Gasteiger partial charge in [-0.2, -0.15) is 0 Å². The molecular weight excluding hydrogens is 260 g/mol. The zero-order valence-corrected chi connectivity index (χ0v) is 13.1. The molecule has 1 aromatic carbocycles. The van der Waals surface area contributed by atoms with E-state index >= 15 is 0 Å². The fourth-order valence-corrected chi connectivity index (χ4v) is 4.09. The highest BCUT2D eigenvalue weighted by Gasteiger charge is 2.48. The molecule has 0 bridgehead atoms. The largest absolute Gasteiger partial charge is 0.488 e. The van der Waals surface area contributed by atoms with Crippen LogP contribution in [-0.2, 0) is 6.42 Å². The van der Waals surface area contributed by atoms with Crippen LogP contribution in [0.2, 0.25) is 0 Å². The molecule has 0 amide bonds. The van der Waals surface area contributed by atoms with E-state index in [9.17, 15) is 0 Å². The maximum Gasteiger partial charge on any atom is 0.123 e. The van der Waals surface area contributed by atoms with Crippen molar-refractivity contribution in [3.05, 3.63) is 29.8 Å². The number of hydrogen-bond acceptors (Lipinski definition) is 3. The van der Waals surface area contributed by atoms with Crippen molar-refractivity contribution in [1.29, 1.82) is 0 Å². The number of rotatable bonds is 3. The summed E-state index contributed by atoms with van der Waals surface area (Å²) < 4.78 is 6.18. The monoisotopic (exact) mass is 286 g/mol. The van der Waals surface area contributed by atoms with Gasteiger partial charge in [0.25, 0.3) is 0 Å². The summed E-state index contributed by atoms with van der Waals surface area (Å²) in [5.41, 5.74) is 1.70. The Bertz CT molecular complexity index is 503.